The SMILES string of the molecule is CC.COC(=O)C1OC(=O)N(C(=O)Oc2ccc(C)cc2)C1c1ccccc1. The molecule has 1 aliphatic rings. The summed E-state index contributed by atoms with van der Waals surface area (Å²) >= 11 is 0. The Labute approximate surface area is 163 Å². The first-order chi connectivity index (χ1) is 13.5. The standard InChI is InChI=1S/C19H17NO6.C2H6/c1-12-8-10-14(11-9-12)25-18(22)20-15(13-6-4-3-5-7-13)16(17(21)24-2)26-19(20)23;1-2/h3-11,15-16H,1-2H3;1-2H3. The minimum Gasteiger partial charge on any atom is -0.466 e. The van der Waals surface area contributed by atoms with E-state index in [0.29, 0.717) is 5.56 Å². The quantitative estimate of drug-likeness (QED) is 0.735. The van der Waals surface area contributed by atoms with E-state index >= 15 is 0 Å². The summed E-state index contributed by atoms with van der Waals surface area (Å²) < 4.78 is 15.1. The third kappa shape index (κ3) is 4.49. The maximum absolute atomic E-state index is 12.6. The average molecular weight is 385 g/mol. The van der Waals surface area contributed by atoms with E-state index in [9.17, 15) is 14.4 Å². The van der Waals surface area contributed by atoms with Crippen molar-refractivity contribution in [2.75, 3.05) is 7.11 Å². The molecule has 1 saturated heterocycles. The second-order valence-corrected chi connectivity index (χ2v) is 5.73. The number of hydrogen-bond acceptors (Lipinski definition) is 6. The Hall–Kier alpha value is -3.35. The van der Waals surface area contributed by atoms with Gasteiger partial charge in [0.2, 0.25) is 6.10 Å². The van der Waals surface area contributed by atoms with E-state index in [-0.39, 0.29) is 5.75 Å². The topological polar surface area (TPSA) is 82.1 Å². The first-order valence-corrected chi connectivity index (χ1v) is 8.92. The zero-order valence-electron chi connectivity index (χ0n) is 16.2. The lowest BCUT2D eigenvalue weighted by atomic mass is 10.0. The molecule has 2 aromatic rings. The number of esters is 1. The van der Waals surface area contributed by atoms with Crippen molar-refractivity contribution < 1.29 is 28.6 Å². The van der Waals surface area contributed by atoms with Crippen LogP contribution in [0, 0.1) is 6.92 Å². The maximum Gasteiger partial charge on any atom is 0.425 e. The van der Waals surface area contributed by atoms with E-state index in [1.165, 1.54) is 7.11 Å². The number of methoxy groups -OCH3 is 1. The van der Waals surface area contributed by atoms with Gasteiger partial charge in [-0.3, -0.25) is 0 Å². The van der Waals surface area contributed by atoms with Gasteiger partial charge in [0.1, 0.15) is 11.8 Å². The monoisotopic (exact) mass is 385 g/mol. The fraction of sp³-hybridized carbons (Fsp3) is 0.286. The number of aryl methyl sites for hydroxylation is 1. The van der Waals surface area contributed by atoms with Gasteiger partial charge in [0.05, 0.1) is 7.11 Å². The first-order valence-electron chi connectivity index (χ1n) is 8.92. The molecule has 0 radical (unpaired) electrons. The Morgan fingerprint density at radius 1 is 1.00 bits per heavy atom. The molecule has 2 atom stereocenters. The Bertz CT molecular complexity index is 819. The number of ether oxygens (including phenoxy) is 3. The minimum absolute atomic E-state index is 0.279. The molecule has 0 N–H and O–H groups in total. The van der Waals surface area contributed by atoms with Crippen molar-refractivity contribution in [1.29, 1.82) is 0 Å². The predicted octanol–water partition coefficient (Wildman–Crippen LogP) is 4.26. The van der Waals surface area contributed by atoms with Crippen molar-refractivity contribution in [3.63, 3.8) is 0 Å². The molecule has 2 aromatic carbocycles. The number of amides is 2. The van der Waals surface area contributed by atoms with Crippen LogP contribution in [0.3, 0.4) is 0 Å². The van der Waals surface area contributed by atoms with Crippen molar-refractivity contribution in [2.24, 2.45) is 0 Å². The maximum atomic E-state index is 12.6. The summed E-state index contributed by atoms with van der Waals surface area (Å²) in [6.45, 7) is 5.90. The second kappa shape index (κ2) is 9.55. The Morgan fingerprint density at radius 2 is 1.61 bits per heavy atom. The number of nitrogens with zero attached hydrogens (tertiary/aromatic N) is 1. The third-order valence-corrected chi connectivity index (χ3v) is 3.99. The summed E-state index contributed by atoms with van der Waals surface area (Å²) in [6.07, 6.45) is -3.16. The fourth-order valence-corrected chi connectivity index (χ4v) is 2.69. The number of cyclic esters (lactones) is 1. The second-order valence-electron chi connectivity index (χ2n) is 5.73. The molecule has 2 unspecified atom stereocenters. The molecule has 28 heavy (non-hydrogen) atoms. The van der Waals surface area contributed by atoms with Crippen LogP contribution in [0.25, 0.3) is 0 Å². The summed E-state index contributed by atoms with van der Waals surface area (Å²) in [4.78, 5) is 37.7. The summed E-state index contributed by atoms with van der Waals surface area (Å²) in [6, 6.07) is 14.4. The van der Waals surface area contributed by atoms with Crippen LogP contribution < -0.4 is 4.74 Å². The van der Waals surface area contributed by atoms with E-state index in [0.717, 1.165) is 10.5 Å². The van der Waals surface area contributed by atoms with Crippen molar-refractivity contribution in [2.45, 2.75) is 32.9 Å². The van der Waals surface area contributed by atoms with Gasteiger partial charge in [0, 0.05) is 0 Å². The van der Waals surface area contributed by atoms with Crippen LogP contribution in [0.2, 0.25) is 0 Å². The Balaban J connectivity index is 0.00000136. The van der Waals surface area contributed by atoms with Crippen LogP contribution in [0.4, 0.5) is 9.59 Å². The molecule has 1 heterocycles. The molecule has 0 saturated carbocycles. The zero-order valence-corrected chi connectivity index (χ0v) is 16.2. The Morgan fingerprint density at radius 3 is 2.18 bits per heavy atom. The van der Waals surface area contributed by atoms with Gasteiger partial charge in [-0.2, -0.15) is 4.90 Å². The molecular weight excluding hydrogens is 362 g/mol. The lowest BCUT2D eigenvalue weighted by Crippen LogP contribution is -2.39. The summed E-state index contributed by atoms with van der Waals surface area (Å²) in [7, 11) is 1.19. The molecule has 1 aliphatic heterocycles. The lowest BCUT2D eigenvalue weighted by Gasteiger charge is -2.22. The van der Waals surface area contributed by atoms with E-state index in [2.05, 4.69) is 0 Å². The Kier molecular flexibility index (Phi) is 7.14. The van der Waals surface area contributed by atoms with Gasteiger partial charge in [-0.05, 0) is 24.6 Å². The highest BCUT2D eigenvalue weighted by molar-refractivity contribution is 5.94. The van der Waals surface area contributed by atoms with E-state index in [4.69, 9.17) is 14.2 Å². The molecule has 7 heteroatoms. The van der Waals surface area contributed by atoms with Gasteiger partial charge in [0.15, 0.2) is 0 Å². The van der Waals surface area contributed by atoms with Gasteiger partial charge >= 0.3 is 18.2 Å². The van der Waals surface area contributed by atoms with E-state index in [1.807, 2.05) is 20.8 Å². The average Bonchev–Trinajstić information content (AvgIpc) is 3.08. The minimum atomic E-state index is -1.26. The van der Waals surface area contributed by atoms with E-state index < -0.39 is 30.3 Å². The number of carbonyl (C=O) groups excluding carboxylic acids is 3. The fourth-order valence-electron chi connectivity index (χ4n) is 2.69. The van der Waals surface area contributed by atoms with E-state index in [1.54, 1.807) is 54.6 Å². The summed E-state index contributed by atoms with van der Waals surface area (Å²) in [5.74, 6) is -0.473. The van der Waals surface area contributed by atoms with Gasteiger partial charge in [-0.25, -0.2) is 14.4 Å². The normalized spacial score (nSPS) is 17.9. The van der Waals surface area contributed by atoms with Gasteiger partial charge in [-0.1, -0.05) is 61.9 Å². The summed E-state index contributed by atoms with van der Waals surface area (Å²) in [5, 5.41) is 0. The first kappa shape index (κ1) is 21.0. The number of benzene rings is 2. The number of hydrogen-bond donors (Lipinski definition) is 0. The van der Waals surface area contributed by atoms with Crippen LogP contribution >= 0.6 is 0 Å². The highest BCUT2D eigenvalue weighted by Gasteiger charge is 2.51. The predicted molar refractivity (Wildman–Crippen MR) is 102 cm³/mol. The van der Waals surface area contributed by atoms with Crippen molar-refractivity contribution in [3.8, 4) is 5.75 Å². The lowest BCUT2D eigenvalue weighted by molar-refractivity contribution is -0.150. The van der Waals surface area contributed by atoms with Crippen molar-refractivity contribution in [3.05, 3.63) is 65.7 Å². The highest BCUT2D eigenvalue weighted by atomic mass is 16.6. The molecule has 0 bridgehead atoms. The van der Waals surface area contributed by atoms with Gasteiger partial charge in [-0.15, -0.1) is 0 Å². The molecule has 0 aliphatic carbocycles. The van der Waals surface area contributed by atoms with Gasteiger partial charge in [0.25, 0.3) is 0 Å². The van der Waals surface area contributed by atoms with Crippen molar-refractivity contribution >= 4 is 18.2 Å². The van der Waals surface area contributed by atoms with Gasteiger partial charge < -0.3 is 14.2 Å². The molecule has 2 amide bonds. The zero-order chi connectivity index (χ0) is 20.7. The number of carbonyl (C=O) groups is 3. The van der Waals surface area contributed by atoms with Crippen LogP contribution in [-0.4, -0.2) is 36.3 Å². The van der Waals surface area contributed by atoms with Crippen molar-refractivity contribution in [1.82, 2.24) is 4.90 Å². The summed E-state index contributed by atoms with van der Waals surface area (Å²) in [5.41, 5.74) is 1.55. The third-order valence-electron chi connectivity index (χ3n) is 3.99. The number of rotatable bonds is 3. The molecule has 7 nitrogen and oxygen atoms in total. The largest absolute Gasteiger partial charge is 0.466 e. The molecule has 3 rings (SSSR count). The van der Waals surface area contributed by atoms with Crippen LogP contribution in [0.15, 0.2) is 54.6 Å². The van der Waals surface area contributed by atoms with Crippen LogP contribution in [-0.2, 0) is 14.3 Å². The van der Waals surface area contributed by atoms with Crippen LogP contribution in [0.5, 0.6) is 5.75 Å². The molecule has 0 spiro atoms. The molecule has 1 fully saturated rings. The highest BCUT2D eigenvalue weighted by Crippen LogP contribution is 2.34. The molecule has 148 valence electrons. The smallest absolute Gasteiger partial charge is 0.425 e. The van der Waals surface area contributed by atoms with Crippen LogP contribution in [0.1, 0.15) is 31.0 Å². The molecular formula is C21H23NO6. The number of imide groups is 1. The molecule has 0 aromatic heterocycles.